The van der Waals surface area contributed by atoms with Crippen LogP contribution in [-0.4, -0.2) is 29.6 Å². The average Bonchev–Trinajstić information content (AvgIpc) is 2.65. The molecule has 0 saturated carbocycles. The third-order valence-electron chi connectivity index (χ3n) is 4.69. The zero-order chi connectivity index (χ0) is 19.9. The normalized spacial score (nSPS) is 13.4. The van der Waals surface area contributed by atoms with Crippen LogP contribution in [0.4, 0.5) is 0 Å². The predicted octanol–water partition coefficient (Wildman–Crippen LogP) is 3.74. The summed E-state index contributed by atoms with van der Waals surface area (Å²) in [5, 5.41) is 9.12. The molecule has 1 atom stereocenters. The molecule has 0 aliphatic carbocycles. The molecule has 0 fully saturated rings. The van der Waals surface area contributed by atoms with Crippen LogP contribution in [0.2, 0.25) is 0 Å². The number of ketones is 1. The van der Waals surface area contributed by atoms with Gasteiger partial charge >= 0.3 is 0 Å². The fourth-order valence-electron chi connectivity index (χ4n) is 2.89. The van der Waals surface area contributed by atoms with Gasteiger partial charge in [0.1, 0.15) is 0 Å². The van der Waals surface area contributed by atoms with E-state index in [1.54, 1.807) is 6.92 Å². The van der Waals surface area contributed by atoms with E-state index < -0.39 is 5.54 Å². The van der Waals surface area contributed by atoms with Crippen LogP contribution in [0, 0.1) is 13.8 Å². The van der Waals surface area contributed by atoms with Gasteiger partial charge in [0, 0.05) is 12.0 Å². The maximum Gasteiger partial charge on any atom is 0.162 e. The van der Waals surface area contributed by atoms with Gasteiger partial charge in [-0.2, -0.15) is 0 Å². The first-order valence-electron chi connectivity index (χ1n) is 9.46. The summed E-state index contributed by atoms with van der Waals surface area (Å²) in [7, 11) is 0. The Morgan fingerprint density at radius 2 is 1.85 bits per heavy atom. The van der Waals surface area contributed by atoms with Gasteiger partial charge in [-0.1, -0.05) is 48.0 Å². The van der Waals surface area contributed by atoms with Crippen molar-refractivity contribution in [1.29, 1.82) is 0 Å². The number of rotatable bonds is 10. The van der Waals surface area contributed by atoms with Crippen LogP contribution in [0.25, 0.3) is 0 Å². The number of Topliss-reactive ketones (excluding diaryl/α,β-unsaturated/α-hetero) is 1. The lowest BCUT2D eigenvalue weighted by Crippen LogP contribution is -2.44. The number of carbonyl (C=O) groups excluding carboxylic acids is 1. The molecule has 4 heteroatoms. The zero-order valence-electron chi connectivity index (χ0n) is 16.6. The number of aryl methyl sites for hydroxylation is 3. The Labute approximate surface area is 162 Å². The van der Waals surface area contributed by atoms with Gasteiger partial charge in [0.15, 0.2) is 5.78 Å². The molecule has 0 heterocycles. The van der Waals surface area contributed by atoms with Gasteiger partial charge in [-0.05, 0) is 50.3 Å². The Morgan fingerprint density at radius 1 is 1.15 bits per heavy atom. The second-order valence-corrected chi connectivity index (χ2v) is 7.71. The molecule has 146 valence electrons. The predicted molar refractivity (Wildman–Crippen MR) is 109 cm³/mol. The third kappa shape index (κ3) is 6.90. The van der Waals surface area contributed by atoms with E-state index in [4.69, 9.17) is 15.6 Å². The molecule has 4 nitrogen and oxygen atoms in total. The maximum atomic E-state index is 12.4. The summed E-state index contributed by atoms with van der Waals surface area (Å²) in [5.74, 6) is 0.169. The standard InChI is InChI=1S/C23H31NO3/c1-17-7-8-18(2)21(13-17)5-4-6-22(26)20-11-9-19(10-12-20)14-27-16-23(3,24)15-25/h7-13,25H,4-6,14-16,24H2,1-3H3. The minimum Gasteiger partial charge on any atom is -0.394 e. The summed E-state index contributed by atoms with van der Waals surface area (Å²) < 4.78 is 5.54. The first-order chi connectivity index (χ1) is 12.8. The SMILES string of the molecule is Cc1ccc(C)c(CCCC(=O)c2ccc(COCC(C)(N)CO)cc2)c1. The minimum absolute atomic E-state index is 0.123. The van der Waals surface area contributed by atoms with E-state index in [1.165, 1.54) is 16.7 Å². The van der Waals surface area contributed by atoms with E-state index in [-0.39, 0.29) is 19.0 Å². The van der Waals surface area contributed by atoms with Crippen LogP contribution < -0.4 is 5.73 Å². The number of carbonyl (C=O) groups is 1. The summed E-state index contributed by atoms with van der Waals surface area (Å²) in [6, 6.07) is 14.0. The average molecular weight is 370 g/mol. The number of nitrogens with two attached hydrogens (primary N) is 1. The van der Waals surface area contributed by atoms with Crippen molar-refractivity contribution in [3.05, 3.63) is 70.3 Å². The van der Waals surface area contributed by atoms with E-state index in [0.717, 1.165) is 24.0 Å². The lowest BCUT2D eigenvalue weighted by molar-refractivity contribution is 0.0535. The molecule has 0 aliphatic heterocycles. The Hall–Kier alpha value is -2.01. The van der Waals surface area contributed by atoms with Gasteiger partial charge in [-0.25, -0.2) is 0 Å². The second-order valence-electron chi connectivity index (χ2n) is 7.71. The molecule has 0 aliphatic rings. The molecule has 0 radical (unpaired) electrons. The highest BCUT2D eigenvalue weighted by molar-refractivity contribution is 5.96. The van der Waals surface area contributed by atoms with Crippen molar-refractivity contribution in [1.82, 2.24) is 0 Å². The van der Waals surface area contributed by atoms with E-state index in [9.17, 15) is 4.79 Å². The largest absolute Gasteiger partial charge is 0.394 e. The maximum absolute atomic E-state index is 12.4. The number of ether oxygens (including phenoxy) is 1. The highest BCUT2D eigenvalue weighted by Gasteiger charge is 2.17. The van der Waals surface area contributed by atoms with Crippen molar-refractivity contribution in [2.24, 2.45) is 5.73 Å². The van der Waals surface area contributed by atoms with E-state index in [1.807, 2.05) is 24.3 Å². The second kappa shape index (κ2) is 9.79. The van der Waals surface area contributed by atoms with Crippen molar-refractivity contribution < 1.29 is 14.6 Å². The highest BCUT2D eigenvalue weighted by atomic mass is 16.5. The monoisotopic (exact) mass is 369 g/mol. The van der Waals surface area contributed by atoms with Crippen molar-refractivity contribution >= 4 is 5.78 Å². The van der Waals surface area contributed by atoms with E-state index in [2.05, 4.69) is 32.0 Å². The topological polar surface area (TPSA) is 72.5 Å². The van der Waals surface area contributed by atoms with Crippen molar-refractivity contribution in [2.45, 2.75) is 52.2 Å². The Balaban J connectivity index is 1.80. The van der Waals surface area contributed by atoms with Crippen LogP contribution >= 0.6 is 0 Å². The number of aliphatic hydroxyl groups excluding tert-OH is 1. The van der Waals surface area contributed by atoms with Gasteiger partial charge in [0.25, 0.3) is 0 Å². The molecule has 3 N–H and O–H groups in total. The quantitative estimate of drug-likeness (QED) is 0.626. The molecule has 0 saturated heterocycles. The Morgan fingerprint density at radius 3 is 2.52 bits per heavy atom. The molecular weight excluding hydrogens is 338 g/mol. The molecule has 0 spiro atoms. The van der Waals surface area contributed by atoms with Crippen molar-refractivity contribution in [2.75, 3.05) is 13.2 Å². The smallest absolute Gasteiger partial charge is 0.162 e. The number of hydrogen-bond donors (Lipinski definition) is 2. The number of hydrogen-bond acceptors (Lipinski definition) is 4. The molecule has 0 aromatic heterocycles. The van der Waals surface area contributed by atoms with E-state index in [0.29, 0.717) is 13.0 Å². The van der Waals surface area contributed by atoms with Gasteiger partial charge in [-0.3, -0.25) is 4.79 Å². The fourth-order valence-corrected chi connectivity index (χ4v) is 2.89. The van der Waals surface area contributed by atoms with Gasteiger partial charge in [0.05, 0.1) is 25.4 Å². The highest BCUT2D eigenvalue weighted by Crippen LogP contribution is 2.15. The molecule has 2 rings (SSSR count). The Kier molecular flexibility index (Phi) is 7.72. The van der Waals surface area contributed by atoms with Crippen LogP contribution in [0.3, 0.4) is 0 Å². The minimum atomic E-state index is -0.731. The van der Waals surface area contributed by atoms with Crippen molar-refractivity contribution in [3.8, 4) is 0 Å². The molecule has 2 aromatic rings. The fraction of sp³-hybridized carbons (Fsp3) is 0.435. The first kappa shape index (κ1) is 21.3. The summed E-state index contributed by atoms with van der Waals surface area (Å²) in [4.78, 5) is 12.4. The van der Waals surface area contributed by atoms with Gasteiger partial charge < -0.3 is 15.6 Å². The van der Waals surface area contributed by atoms with Crippen LogP contribution in [0.5, 0.6) is 0 Å². The molecule has 0 amide bonds. The zero-order valence-corrected chi connectivity index (χ0v) is 16.6. The number of benzene rings is 2. The molecule has 27 heavy (non-hydrogen) atoms. The molecular formula is C23H31NO3. The van der Waals surface area contributed by atoms with Gasteiger partial charge in [0.2, 0.25) is 0 Å². The van der Waals surface area contributed by atoms with Gasteiger partial charge in [-0.15, -0.1) is 0 Å². The summed E-state index contributed by atoms with van der Waals surface area (Å²) >= 11 is 0. The summed E-state index contributed by atoms with van der Waals surface area (Å²) in [5.41, 5.74) is 10.7. The molecule has 1 unspecified atom stereocenters. The first-order valence-corrected chi connectivity index (χ1v) is 9.46. The third-order valence-corrected chi connectivity index (χ3v) is 4.69. The van der Waals surface area contributed by atoms with Crippen molar-refractivity contribution in [3.63, 3.8) is 0 Å². The van der Waals surface area contributed by atoms with Crippen LogP contribution in [-0.2, 0) is 17.8 Å². The summed E-state index contributed by atoms with van der Waals surface area (Å²) in [6.45, 7) is 6.52. The number of aliphatic hydroxyl groups is 1. The summed E-state index contributed by atoms with van der Waals surface area (Å²) in [6.07, 6.45) is 2.32. The van der Waals surface area contributed by atoms with Crippen LogP contribution in [0.15, 0.2) is 42.5 Å². The van der Waals surface area contributed by atoms with Crippen LogP contribution in [0.1, 0.15) is 52.4 Å². The molecule has 2 aromatic carbocycles. The molecule has 0 bridgehead atoms. The lowest BCUT2D eigenvalue weighted by atomic mass is 9.98. The van der Waals surface area contributed by atoms with E-state index >= 15 is 0 Å². The lowest BCUT2D eigenvalue weighted by Gasteiger charge is -2.21. The Bertz CT molecular complexity index is 751.